The predicted octanol–water partition coefficient (Wildman–Crippen LogP) is 3.57. The van der Waals surface area contributed by atoms with Crippen LogP contribution in [0, 0.1) is 5.92 Å². The number of ether oxygens (including phenoxy) is 2. The summed E-state index contributed by atoms with van der Waals surface area (Å²) in [5.74, 6) is -0.887. The molecule has 0 N–H and O–H groups in total. The Morgan fingerprint density at radius 2 is 1.56 bits per heavy atom. The average molecular weight is 336 g/mol. The molecule has 3 fully saturated rings. The Kier molecular flexibility index (Phi) is 4.04. The molecule has 0 spiro atoms. The molecule has 0 radical (unpaired) electrons. The molecule has 3 atom stereocenters. The summed E-state index contributed by atoms with van der Waals surface area (Å²) in [4.78, 5) is 25.5. The molecule has 2 saturated heterocycles. The van der Waals surface area contributed by atoms with E-state index in [4.69, 9.17) is 9.47 Å². The monoisotopic (exact) mass is 336 g/mol. The van der Waals surface area contributed by atoms with E-state index in [-0.39, 0.29) is 30.6 Å². The second-order valence-electron chi connectivity index (χ2n) is 6.78. The van der Waals surface area contributed by atoms with Gasteiger partial charge in [-0.1, -0.05) is 60.7 Å². The predicted molar refractivity (Wildman–Crippen MR) is 91.7 cm³/mol. The van der Waals surface area contributed by atoms with Gasteiger partial charge in [0.05, 0.1) is 11.3 Å². The zero-order chi connectivity index (χ0) is 17.3. The lowest BCUT2D eigenvalue weighted by atomic mass is 9.58. The average Bonchev–Trinajstić information content (AvgIpc) is 2.76. The van der Waals surface area contributed by atoms with Crippen LogP contribution in [0.4, 0.5) is 0 Å². The molecule has 128 valence electrons. The van der Waals surface area contributed by atoms with Crippen molar-refractivity contribution in [3.8, 4) is 0 Å². The van der Waals surface area contributed by atoms with E-state index >= 15 is 0 Å². The summed E-state index contributed by atoms with van der Waals surface area (Å²) in [5.41, 5.74) is 1.22. The normalized spacial score (nSPS) is 29.1. The van der Waals surface area contributed by atoms with Gasteiger partial charge in [-0.2, -0.15) is 0 Å². The van der Waals surface area contributed by atoms with Crippen LogP contribution in [0.15, 0.2) is 60.7 Å². The number of rotatable bonds is 2. The summed E-state index contributed by atoms with van der Waals surface area (Å²) in [5, 5.41) is 0. The molecule has 2 aromatic rings. The quantitative estimate of drug-likeness (QED) is 0.787. The van der Waals surface area contributed by atoms with E-state index in [2.05, 4.69) is 0 Å². The molecular formula is C21H20O4. The molecule has 2 aromatic carbocycles. The van der Waals surface area contributed by atoms with Crippen LogP contribution in [-0.4, -0.2) is 18.7 Å². The summed E-state index contributed by atoms with van der Waals surface area (Å²) in [7, 11) is 0. The van der Waals surface area contributed by atoms with E-state index in [1.165, 1.54) is 0 Å². The summed E-state index contributed by atoms with van der Waals surface area (Å²) in [6, 6.07) is 19.8. The van der Waals surface area contributed by atoms with Crippen molar-refractivity contribution in [2.45, 2.75) is 30.6 Å². The number of carbonyl (C=O) groups excluding carboxylic acids is 2. The molecule has 3 aliphatic rings. The number of carbonyl (C=O) groups is 2. The maximum absolute atomic E-state index is 13.2. The highest BCUT2D eigenvalue weighted by Crippen LogP contribution is 2.52. The molecule has 2 bridgehead atoms. The molecule has 4 nitrogen and oxygen atoms in total. The minimum atomic E-state index is -0.785. The van der Waals surface area contributed by atoms with Gasteiger partial charge in [0.2, 0.25) is 6.79 Å². The molecule has 1 aliphatic carbocycles. The number of fused-ring (bicyclic) bond motifs is 6. The maximum atomic E-state index is 13.2. The molecule has 0 amide bonds. The lowest BCUT2D eigenvalue weighted by Gasteiger charge is -2.43. The Morgan fingerprint density at radius 3 is 2.28 bits per heavy atom. The highest BCUT2D eigenvalue weighted by molar-refractivity contribution is 5.86. The first-order chi connectivity index (χ1) is 12.2. The van der Waals surface area contributed by atoms with Gasteiger partial charge in [0.25, 0.3) is 0 Å². The van der Waals surface area contributed by atoms with Gasteiger partial charge < -0.3 is 9.47 Å². The fourth-order valence-corrected chi connectivity index (χ4v) is 4.33. The number of hydrogen-bond acceptors (Lipinski definition) is 4. The smallest absolute Gasteiger partial charge is 0.320 e. The summed E-state index contributed by atoms with van der Waals surface area (Å²) in [6.45, 7) is -0.301. The fraction of sp³-hybridized carbons (Fsp3) is 0.333. The SMILES string of the molecule is O=C1OCOC(=O)C2(c3ccccc3)CCC1CC2c1ccccc1. The van der Waals surface area contributed by atoms with Gasteiger partial charge >= 0.3 is 11.9 Å². The van der Waals surface area contributed by atoms with Gasteiger partial charge in [0.15, 0.2) is 0 Å². The number of hydrogen-bond donors (Lipinski definition) is 0. The minimum Gasteiger partial charge on any atom is -0.428 e. The first kappa shape index (κ1) is 15.9. The Bertz CT molecular complexity index is 771. The van der Waals surface area contributed by atoms with Crippen molar-refractivity contribution >= 4 is 11.9 Å². The lowest BCUT2D eigenvalue weighted by Crippen LogP contribution is -2.46. The van der Waals surface area contributed by atoms with Gasteiger partial charge in [0, 0.05) is 5.92 Å². The van der Waals surface area contributed by atoms with Gasteiger partial charge in [-0.15, -0.1) is 0 Å². The van der Waals surface area contributed by atoms with Crippen LogP contribution in [0.1, 0.15) is 36.3 Å². The molecule has 3 unspecified atom stereocenters. The minimum absolute atomic E-state index is 0.118. The van der Waals surface area contributed by atoms with Gasteiger partial charge in [-0.3, -0.25) is 9.59 Å². The second kappa shape index (κ2) is 6.36. The first-order valence-corrected chi connectivity index (χ1v) is 8.66. The summed E-state index contributed by atoms with van der Waals surface area (Å²) >= 11 is 0. The molecular weight excluding hydrogens is 316 g/mol. The van der Waals surface area contributed by atoms with E-state index in [1.54, 1.807) is 0 Å². The maximum Gasteiger partial charge on any atom is 0.320 e. The molecule has 4 heteroatoms. The van der Waals surface area contributed by atoms with Gasteiger partial charge in [0.1, 0.15) is 0 Å². The molecule has 2 aliphatic heterocycles. The van der Waals surface area contributed by atoms with E-state index in [0.717, 1.165) is 11.1 Å². The topological polar surface area (TPSA) is 52.6 Å². The van der Waals surface area contributed by atoms with E-state index in [9.17, 15) is 9.59 Å². The third kappa shape index (κ3) is 2.62. The molecule has 25 heavy (non-hydrogen) atoms. The largest absolute Gasteiger partial charge is 0.428 e. The van der Waals surface area contributed by atoms with Gasteiger partial charge in [-0.05, 0) is 30.4 Å². The zero-order valence-corrected chi connectivity index (χ0v) is 13.9. The van der Waals surface area contributed by atoms with Crippen molar-refractivity contribution < 1.29 is 19.1 Å². The van der Waals surface area contributed by atoms with Crippen LogP contribution in [0.5, 0.6) is 0 Å². The Morgan fingerprint density at radius 1 is 0.880 bits per heavy atom. The van der Waals surface area contributed by atoms with E-state index in [1.807, 2.05) is 60.7 Å². The Hall–Kier alpha value is -2.62. The van der Waals surface area contributed by atoms with Crippen LogP contribution >= 0.6 is 0 Å². The van der Waals surface area contributed by atoms with Gasteiger partial charge in [-0.25, -0.2) is 0 Å². The van der Waals surface area contributed by atoms with Crippen molar-refractivity contribution in [2.24, 2.45) is 5.92 Å². The third-order valence-electron chi connectivity index (χ3n) is 5.58. The molecule has 1 saturated carbocycles. The zero-order valence-electron chi connectivity index (χ0n) is 13.9. The number of esters is 2. The standard InChI is InChI=1S/C21H20O4/c22-19-16-11-12-21(20(23)25-14-24-19,17-9-5-2-6-10-17)18(13-16)15-7-3-1-4-8-15/h1-10,16,18H,11-14H2. The highest BCUT2D eigenvalue weighted by Gasteiger charge is 2.54. The second-order valence-corrected chi connectivity index (χ2v) is 6.78. The third-order valence-corrected chi connectivity index (χ3v) is 5.58. The molecule has 0 aromatic heterocycles. The Balaban J connectivity index is 1.90. The molecule has 2 heterocycles. The van der Waals surface area contributed by atoms with E-state index < -0.39 is 5.41 Å². The Labute approximate surface area is 146 Å². The van der Waals surface area contributed by atoms with Crippen molar-refractivity contribution in [3.05, 3.63) is 71.8 Å². The van der Waals surface area contributed by atoms with Crippen LogP contribution in [0.25, 0.3) is 0 Å². The highest BCUT2D eigenvalue weighted by atomic mass is 16.7. The van der Waals surface area contributed by atoms with Crippen molar-refractivity contribution in [3.63, 3.8) is 0 Å². The van der Waals surface area contributed by atoms with Crippen molar-refractivity contribution in [2.75, 3.05) is 6.79 Å². The first-order valence-electron chi connectivity index (χ1n) is 8.66. The van der Waals surface area contributed by atoms with Crippen LogP contribution < -0.4 is 0 Å². The van der Waals surface area contributed by atoms with Crippen LogP contribution in [-0.2, 0) is 24.5 Å². The van der Waals surface area contributed by atoms with Crippen molar-refractivity contribution in [1.82, 2.24) is 0 Å². The number of benzene rings is 2. The summed E-state index contributed by atoms with van der Waals surface area (Å²) < 4.78 is 10.5. The van der Waals surface area contributed by atoms with E-state index in [0.29, 0.717) is 19.3 Å². The fourth-order valence-electron chi connectivity index (χ4n) is 4.33. The lowest BCUT2D eigenvalue weighted by molar-refractivity contribution is -0.170. The molecule has 5 rings (SSSR count). The van der Waals surface area contributed by atoms with Crippen LogP contribution in [0.2, 0.25) is 0 Å². The summed E-state index contributed by atoms with van der Waals surface area (Å²) in [6.07, 6.45) is 1.80. The van der Waals surface area contributed by atoms with Crippen molar-refractivity contribution in [1.29, 1.82) is 0 Å². The van der Waals surface area contributed by atoms with Crippen LogP contribution in [0.3, 0.4) is 0 Å².